The van der Waals surface area contributed by atoms with Crippen molar-refractivity contribution in [2.75, 3.05) is 13.2 Å². The van der Waals surface area contributed by atoms with Gasteiger partial charge in [-0.2, -0.15) is 0 Å². The van der Waals surface area contributed by atoms with Crippen LogP contribution in [0, 0.1) is 0 Å². The molecule has 0 saturated heterocycles. The van der Waals surface area contributed by atoms with Crippen molar-refractivity contribution >= 4 is 22.1 Å². The van der Waals surface area contributed by atoms with Crippen LogP contribution in [0.1, 0.15) is 18.1 Å². The smallest absolute Gasteiger partial charge is 0.123 e. The van der Waals surface area contributed by atoms with Gasteiger partial charge in [-0.05, 0) is 30.7 Å². The quantitative estimate of drug-likeness (QED) is 0.549. The molecule has 4 aromatic rings. The lowest BCUT2D eigenvalue weighted by atomic mass is 10.3. The van der Waals surface area contributed by atoms with E-state index in [2.05, 4.69) is 40.3 Å². The van der Waals surface area contributed by atoms with Crippen LogP contribution in [0.25, 0.3) is 22.1 Å². The number of aliphatic hydroxyl groups excluding tert-OH is 1. The minimum Gasteiger partial charge on any atom is -0.396 e. The molecule has 6 nitrogen and oxygen atoms in total. The van der Waals surface area contributed by atoms with Crippen molar-refractivity contribution in [3.05, 3.63) is 60.2 Å². The first-order valence-corrected chi connectivity index (χ1v) is 9.31. The summed E-state index contributed by atoms with van der Waals surface area (Å²) >= 11 is 0. The second kappa shape index (κ2) is 7.50. The number of aliphatic hydroxyl groups is 1. The normalized spacial score (nSPS) is 11.9. The molecule has 2 heterocycles. The molecule has 27 heavy (non-hydrogen) atoms. The zero-order valence-corrected chi connectivity index (χ0v) is 15.8. The fourth-order valence-electron chi connectivity index (χ4n) is 3.58. The number of aryl methyl sites for hydroxylation is 2. The van der Waals surface area contributed by atoms with Crippen LogP contribution in [0.2, 0.25) is 0 Å². The molecule has 0 spiro atoms. The van der Waals surface area contributed by atoms with Crippen LogP contribution in [0.5, 0.6) is 0 Å². The fraction of sp³-hybridized carbons (Fsp3) is 0.333. The van der Waals surface area contributed by atoms with Crippen molar-refractivity contribution in [3.63, 3.8) is 0 Å². The third-order valence-electron chi connectivity index (χ3n) is 5.12. The van der Waals surface area contributed by atoms with Crippen molar-refractivity contribution < 1.29 is 5.11 Å². The molecule has 0 atom stereocenters. The summed E-state index contributed by atoms with van der Waals surface area (Å²) in [6.07, 6.45) is 0.730. The maximum Gasteiger partial charge on any atom is 0.123 e. The predicted molar refractivity (Wildman–Crippen MR) is 107 cm³/mol. The van der Waals surface area contributed by atoms with Gasteiger partial charge in [-0.1, -0.05) is 24.3 Å². The molecule has 0 aliphatic rings. The molecule has 0 amide bonds. The Bertz CT molecular complexity index is 983. The monoisotopic (exact) mass is 363 g/mol. The molecule has 0 aliphatic heterocycles. The highest BCUT2D eigenvalue weighted by Gasteiger charge is 2.16. The molecule has 1 N–H and O–H groups in total. The highest BCUT2D eigenvalue weighted by molar-refractivity contribution is 5.76. The van der Waals surface area contributed by atoms with Gasteiger partial charge >= 0.3 is 0 Å². The number of nitrogens with zero attached hydrogens (tertiary/aromatic N) is 5. The first-order valence-electron chi connectivity index (χ1n) is 9.31. The van der Waals surface area contributed by atoms with Gasteiger partial charge in [0.2, 0.25) is 0 Å². The number of fused-ring (bicyclic) bond motifs is 2. The van der Waals surface area contributed by atoms with Crippen molar-refractivity contribution in [2.45, 2.75) is 19.5 Å². The van der Waals surface area contributed by atoms with Gasteiger partial charge in [-0.3, -0.25) is 4.90 Å². The Balaban J connectivity index is 1.62. The third-order valence-corrected chi connectivity index (χ3v) is 5.12. The van der Waals surface area contributed by atoms with Crippen molar-refractivity contribution in [3.8, 4) is 0 Å². The Kier molecular flexibility index (Phi) is 4.92. The van der Waals surface area contributed by atoms with E-state index in [1.807, 2.05) is 36.4 Å². The molecule has 0 saturated carbocycles. The minimum absolute atomic E-state index is 0.182. The van der Waals surface area contributed by atoms with E-state index in [-0.39, 0.29) is 6.61 Å². The van der Waals surface area contributed by atoms with Crippen LogP contribution in [0.3, 0.4) is 0 Å². The minimum atomic E-state index is 0.182. The van der Waals surface area contributed by atoms with E-state index in [1.54, 1.807) is 0 Å². The second-order valence-corrected chi connectivity index (χ2v) is 6.94. The molecular weight excluding hydrogens is 338 g/mol. The van der Waals surface area contributed by atoms with Gasteiger partial charge in [0.25, 0.3) is 0 Å². The first-order chi connectivity index (χ1) is 13.2. The zero-order chi connectivity index (χ0) is 18.8. The molecule has 0 radical (unpaired) electrons. The van der Waals surface area contributed by atoms with E-state index < -0.39 is 0 Å². The summed E-state index contributed by atoms with van der Waals surface area (Å²) in [6, 6.07) is 16.4. The Hall–Kier alpha value is -2.70. The first kappa shape index (κ1) is 17.7. The van der Waals surface area contributed by atoms with Crippen LogP contribution in [0.4, 0.5) is 0 Å². The van der Waals surface area contributed by atoms with Crippen molar-refractivity contribution in [2.24, 2.45) is 14.1 Å². The van der Waals surface area contributed by atoms with E-state index in [1.165, 1.54) is 0 Å². The summed E-state index contributed by atoms with van der Waals surface area (Å²) in [5, 5.41) is 9.32. The molecule has 2 aromatic carbocycles. The maximum absolute atomic E-state index is 9.32. The van der Waals surface area contributed by atoms with Crippen molar-refractivity contribution in [1.29, 1.82) is 0 Å². The summed E-state index contributed by atoms with van der Waals surface area (Å²) in [7, 11) is 4.12. The molecule has 6 heteroatoms. The van der Waals surface area contributed by atoms with E-state index in [0.29, 0.717) is 13.1 Å². The number of para-hydroxylation sites is 4. The van der Waals surface area contributed by atoms with Gasteiger partial charge < -0.3 is 14.2 Å². The number of aromatic nitrogens is 4. The van der Waals surface area contributed by atoms with Gasteiger partial charge in [0, 0.05) is 27.2 Å². The Morgan fingerprint density at radius 3 is 1.74 bits per heavy atom. The second-order valence-electron chi connectivity index (χ2n) is 6.94. The van der Waals surface area contributed by atoms with Crippen LogP contribution in [-0.4, -0.2) is 42.3 Å². The van der Waals surface area contributed by atoms with Gasteiger partial charge in [0.15, 0.2) is 0 Å². The summed E-state index contributed by atoms with van der Waals surface area (Å²) in [6.45, 7) is 2.41. The number of imidazole rings is 2. The lowest BCUT2D eigenvalue weighted by Gasteiger charge is -2.21. The van der Waals surface area contributed by atoms with Gasteiger partial charge in [-0.15, -0.1) is 0 Å². The molecule has 2 aromatic heterocycles. The maximum atomic E-state index is 9.32. The Morgan fingerprint density at radius 1 is 0.815 bits per heavy atom. The van der Waals surface area contributed by atoms with Crippen molar-refractivity contribution in [1.82, 2.24) is 24.0 Å². The van der Waals surface area contributed by atoms with Crippen LogP contribution < -0.4 is 0 Å². The van der Waals surface area contributed by atoms with E-state index in [4.69, 9.17) is 9.97 Å². The highest BCUT2D eigenvalue weighted by atomic mass is 16.3. The van der Waals surface area contributed by atoms with E-state index >= 15 is 0 Å². The number of benzene rings is 2. The molecule has 140 valence electrons. The van der Waals surface area contributed by atoms with Crippen LogP contribution >= 0.6 is 0 Å². The predicted octanol–water partition coefficient (Wildman–Crippen LogP) is 2.84. The number of rotatable bonds is 7. The van der Waals surface area contributed by atoms with Gasteiger partial charge in [-0.25, -0.2) is 9.97 Å². The average Bonchev–Trinajstić information content (AvgIpc) is 3.17. The lowest BCUT2D eigenvalue weighted by Crippen LogP contribution is -2.27. The van der Waals surface area contributed by atoms with E-state index in [9.17, 15) is 5.11 Å². The number of hydrogen-bond donors (Lipinski definition) is 1. The van der Waals surface area contributed by atoms with E-state index in [0.717, 1.165) is 46.7 Å². The summed E-state index contributed by atoms with van der Waals surface area (Å²) < 4.78 is 4.30. The topological polar surface area (TPSA) is 59.1 Å². The number of hydrogen-bond acceptors (Lipinski definition) is 4. The van der Waals surface area contributed by atoms with Crippen LogP contribution in [0.15, 0.2) is 48.5 Å². The molecule has 0 bridgehead atoms. The summed E-state index contributed by atoms with van der Waals surface area (Å²) in [5.74, 6) is 2.04. The SMILES string of the molecule is Cn1c(CN(CCCO)Cc2nc3ccccc3n2C)nc2ccccc21. The molecule has 0 fully saturated rings. The Morgan fingerprint density at radius 2 is 1.30 bits per heavy atom. The summed E-state index contributed by atoms with van der Waals surface area (Å²) in [4.78, 5) is 11.9. The molecule has 0 aliphatic carbocycles. The standard InChI is InChI=1S/C21H25N5O/c1-24-18-10-5-3-8-16(18)22-20(24)14-26(12-7-13-27)15-21-23-17-9-4-6-11-19(17)25(21)2/h3-6,8-11,27H,7,12-15H2,1-2H3. The average molecular weight is 363 g/mol. The molecule has 0 unspecified atom stereocenters. The molecule has 4 rings (SSSR count). The zero-order valence-electron chi connectivity index (χ0n) is 15.8. The van der Waals surface area contributed by atoms with Gasteiger partial charge in [0.1, 0.15) is 11.6 Å². The fourth-order valence-corrected chi connectivity index (χ4v) is 3.58. The van der Waals surface area contributed by atoms with Gasteiger partial charge in [0.05, 0.1) is 35.2 Å². The van der Waals surface area contributed by atoms with Crippen LogP contribution in [-0.2, 0) is 27.2 Å². The highest BCUT2D eigenvalue weighted by Crippen LogP contribution is 2.19. The third kappa shape index (κ3) is 3.46. The Labute approximate surface area is 158 Å². The molecular formula is C21H25N5O. The summed E-state index contributed by atoms with van der Waals surface area (Å²) in [5.41, 5.74) is 4.30. The lowest BCUT2D eigenvalue weighted by molar-refractivity contribution is 0.203. The largest absolute Gasteiger partial charge is 0.396 e.